The Balaban J connectivity index is 0.00000161. The molecule has 3 aliphatic rings. The zero-order valence-electron chi connectivity index (χ0n) is 12.8. The molecule has 0 aromatic carbocycles. The zero-order chi connectivity index (χ0) is 13.8. The van der Waals surface area contributed by atoms with Gasteiger partial charge in [0, 0.05) is 38.3 Å². The molecule has 0 aromatic rings. The number of rotatable bonds is 5. The van der Waals surface area contributed by atoms with Crippen LogP contribution in [0.5, 0.6) is 0 Å². The molecular formula is C16H29ClN2O2. The molecule has 5 heteroatoms. The van der Waals surface area contributed by atoms with Gasteiger partial charge in [0.25, 0.3) is 0 Å². The number of halogens is 1. The van der Waals surface area contributed by atoms with Crippen LogP contribution < -0.4 is 10.6 Å². The number of fused-ring (bicyclic) bond motifs is 2. The number of carbonyl (C=O) groups excluding carboxylic acids is 1. The molecule has 1 amide bonds. The molecule has 0 saturated carbocycles. The van der Waals surface area contributed by atoms with Crippen LogP contribution in [-0.2, 0) is 9.53 Å². The number of ether oxygens (including phenoxy) is 1. The van der Waals surface area contributed by atoms with E-state index in [2.05, 4.69) is 10.6 Å². The predicted octanol–water partition coefficient (Wildman–Crippen LogP) is 2.26. The van der Waals surface area contributed by atoms with E-state index in [-0.39, 0.29) is 18.3 Å². The second-order valence-electron chi connectivity index (χ2n) is 6.87. The van der Waals surface area contributed by atoms with Gasteiger partial charge in [0.15, 0.2) is 0 Å². The highest BCUT2D eigenvalue weighted by Gasteiger charge is 2.34. The summed E-state index contributed by atoms with van der Waals surface area (Å²) in [5.74, 6) is 1.62. The summed E-state index contributed by atoms with van der Waals surface area (Å²) in [7, 11) is 0. The summed E-state index contributed by atoms with van der Waals surface area (Å²) in [5.41, 5.74) is 0. The molecule has 2 bridgehead atoms. The van der Waals surface area contributed by atoms with Crippen molar-refractivity contribution in [1.82, 2.24) is 10.6 Å². The van der Waals surface area contributed by atoms with Crippen molar-refractivity contribution in [2.45, 2.75) is 63.5 Å². The van der Waals surface area contributed by atoms with Crippen LogP contribution in [0.1, 0.15) is 51.4 Å². The fourth-order valence-electron chi connectivity index (χ4n) is 4.13. The van der Waals surface area contributed by atoms with Crippen LogP contribution in [-0.4, -0.2) is 37.7 Å². The highest BCUT2D eigenvalue weighted by atomic mass is 35.5. The Morgan fingerprint density at radius 2 is 1.71 bits per heavy atom. The molecule has 3 aliphatic heterocycles. The Bertz CT molecular complexity index is 322. The highest BCUT2D eigenvalue weighted by molar-refractivity contribution is 5.85. The van der Waals surface area contributed by atoms with Crippen molar-refractivity contribution in [2.24, 2.45) is 11.8 Å². The summed E-state index contributed by atoms with van der Waals surface area (Å²) in [6.45, 7) is 2.65. The second kappa shape index (κ2) is 8.35. The summed E-state index contributed by atoms with van der Waals surface area (Å²) in [5, 5.41) is 6.76. The largest absolute Gasteiger partial charge is 0.381 e. The van der Waals surface area contributed by atoms with E-state index >= 15 is 0 Å². The van der Waals surface area contributed by atoms with E-state index in [9.17, 15) is 4.79 Å². The van der Waals surface area contributed by atoms with Crippen LogP contribution in [0.25, 0.3) is 0 Å². The fraction of sp³-hybridized carbons (Fsp3) is 0.938. The van der Waals surface area contributed by atoms with Crippen molar-refractivity contribution in [3.8, 4) is 0 Å². The number of hydrogen-bond donors (Lipinski definition) is 2. The molecule has 0 spiro atoms. The van der Waals surface area contributed by atoms with Gasteiger partial charge in [0.2, 0.25) is 5.91 Å². The van der Waals surface area contributed by atoms with E-state index in [0.717, 1.165) is 51.4 Å². The number of carbonyl (C=O) groups is 1. The Kier molecular flexibility index (Phi) is 6.77. The van der Waals surface area contributed by atoms with Crippen LogP contribution in [0.15, 0.2) is 0 Å². The molecule has 0 radical (unpaired) electrons. The first-order valence-corrected chi connectivity index (χ1v) is 8.40. The lowest BCUT2D eigenvalue weighted by molar-refractivity contribution is -0.122. The van der Waals surface area contributed by atoms with Crippen LogP contribution in [0.4, 0.5) is 0 Å². The van der Waals surface area contributed by atoms with E-state index in [1.807, 2.05) is 0 Å². The van der Waals surface area contributed by atoms with Crippen LogP contribution in [0.2, 0.25) is 0 Å². The van der Waals surface area contributed by atoms with Gasteiger partial charge >= 0.3 is 0 Å². The third kappa shape index (κ3) is 5.11. The molecule has 2 unspecified atom stereocenters. The van der Waals surface area contributed by atoms with E-state index < -0.39 is 0 Å². The van der Waals surface area contributed by atoms with Gasteiger partial charge in [-0.1, -0.05) is 0 Å². The SMILES string of the molecule is Cl.O=C(CC1CC2CCC(C1)N2)NCCC1CCOCC1. The lowest BCUT2D eigenvalue weighted by Gasteiger charge is -2.28. The molecule has 3 fully saturated rings. The van der Waals surface area contributed by atoms with Gasteiger partial charge in [0.05, 0.1) is 0 Å². The Morgan fingerprint density at radius 3 is 2.38 bits per heavy atom. The minimum atomic E-state index is 0. The topological polar surface area (TPSA) is 50.4 Å². The monoisotopic (exact) mass is 316 g/mol. The fourth-order valence-corrected chi connectivity index (χ4v) is 4.13. The highest BCUT2D eigenvalue weighted by Crippen LogP contribution is 2.32. The molecule has 3 saturated heterocycles. The third-order valence-corrected chi connectivity index (χ3v) is 5.26. The van der Waals surface area contributed by atoms with Crippen molar-refractivity contribution in [1.29, 1.82) is 0 Å². The van der Waals surface area contributed by atoms with Crippen molar-refractivity contribution in [3.63, 3.8) is 0 Å². The Morgan fingerprint density at radius 1 is 1.05 bits per heavy atom. The van der Waals surface area contributed by atoms with Gasteiger partial charge < -0.3 is 15.4 Å². The number of amides is 1. The van der Waals surface area contributed by atoms with E-state index in [0.29, 0.717) is 18.0 Å². The van der Waals surface area contributed by atoms with Gasteiger partial charge in [0.1, 0.15) is 0 Å². The van der Waals surface area contributed by atoms with Crippen LogP contribution >= 0.6 is 12.4 Å². The summed E-state index contributed by atoms with van der Waals surface area (Å²) in [6.07, 6.45) is 9.20. The summed E-state index contributed by atoms with van der Waals surface area (Å²) in [4.78, 5) is 12.0. The minimum absolute atomic E-state index is 0. The number of piperidine rings is 1. The number of hydrogen-bond acceptors (Lipinski definition) is 3. The third-order valence-electron chi connectivity index (χ3n) is 5.26. The lowest BCUT2D eigenvalue weighted by atomic mass is 9.89. The predicted molar refractivity (Wildman–Crippen MR) is 85.7 cm³/mol. The van der Waals surface area contributed by atoms with E-state index in [4.69, 9.17) is 4.74 Å². The van der Waals surface area contributed by atoms with Crippen molar-refractivity contribution >= 4 is 18.3 Å². The first kappa shape index (κ1) is 17.0. The molecule has 0 aromatic heterocycles. The standard InChI is InChI=1S/C16H28N2O2.ClH/c19-16(17-6-3-12-4-7-20-8-5-12)11-13-9-14-1-2-15(10-13)18-14;/h12-15,18H,1-11H2,(H,17,19);1H. The normalized spacial score (nSPS) is 32.5. The number of nitrogens with one attached hydrogen (secondary N) is 2. The molecule has 3 heterocycles. The maximum Gasteiger partial charge on any atom is 0.220 e. The molecule has 2 atom stereocenters. The second-order valence-corrected chi connectivity index (χ2v) is 6.87. The molecule has 4 nitrogen and oxygen atoms in total. The lowest BCUT2D eigenvalue weighted by Crippen LogP contribution is -2.39. The quantitative estimate of drug-likeness (QED) is 0.818. The summed E-state index contributed by atoms with van der Waals surface area (Å²) < 4.78 is 5.36. The van der Waals surface area contributed by atoms with Gasteiger partial charge in [-0.3, -0.25) is 4.79 Å². The minimum Gasteiger partial charge on any atom is -0.381 e. The van der Waals surface area contributed by atoms with Gasteiger partial charge in [-0.2, -0.15) is 0 Å². The zero-order valence-corrected chi connectivity index (χ0v) is 13.6. The molecule has 3 rings (SSSR count). The maximum atomic E-state index is 12.0. The smallest absolute Gasteiger partial charge is 0.220 e. The summed E-state index contributed by atoms with van der Waals surface area (Å²) in [6, 6.07) is 1.38. The van der Waals surface area contributed by atoms with Crippen molar-refractivity contribution in [2.75, 3.05) is 19.8 Å². The molecule has 122 valence electrons. The van der Waals surface area contributed by atoms with Gasteiger partial charge in [-0.15, -0.1) is 12.4 Å². The Hall–Kier alpha value is -0.320. The summed E-state index contributed by atoms with van der Waals surface area (Å²) >= 11 is 0. The molecule has 21 heavy (non-hydrogen) atoms. The van der Waals surface area contributed by atoms with Gasteiger partial charge in [-0.25, -0.2) is 0 Å². The van der Waals surface area contributed by atoms with Crippen LogP contribution in [0, 0.1) is 11.8 Å². The molecular weight excluding hydrogens is 288 g/mol. The first-order chi connectivity index (χ1) is 9.79. The van der Waals surface area contributed by atoms with E-state index in [1.54, 1.807) is 0 Å². The molecule has 0 aliphatic carbocycles. The maximum absolute atomic E-state index is 12.0. The van der Waals surface area contributed by atoms with Crippen molar-refractivity contribution in [3.05, 3.63) is 0 Å². The Labute approximate surface area is 134 Å². The molecule has 2 N–H and O–H groups in total. The van der Waals surface area contributed by atoms with Crippen LogP contribution in [0.3, 0.4) is 0 Å². The average molecular weight is 317 g/mol. The average Bonchev–Trinajstić information content (AvgIpc) is 2.79. The van der Waals surface area contributed by atoms with Gasteiger partial charge in [-0.05, 0) is 56.8 Å². The first-order valence-electron chi connectivity index (χ1n) is 8.40. The van der Waals surface area contributed by atoms with Crippen molar-refractivity contribution < 1.29 is 9.53 Å². The van der Waals surface area contributed by atoms with E-state index in [1.165, 1.54) is 25.7 Å².